The molecule has 1 N–H and O–H groups in total. The van der Waals surface area contributed by atoms with Gasteiger partial charge in [-0.15, -0.1) is 0 Å². The van der Waals surface area contributed by atoms with Gasteiger partial charge >= 0.3 is 5.97 Å². The smallest absolute Gasteiger partial charge is 0.303 e. The fraction of sp³-hybridized carbons (Fsp3) is 0.615. The maximum atomic E-state index is 10.6. The van der Waals surface area contributed by atoms with E-state index in [-0.39, 0.29) is 0 Å². The molecule has 1 fully saturated rings. The van der Waals surface area contributed by atoms with Crippen LogP contribution in [0.2, 0.25) is 0 Å². The van der Waals surface area contributed by atoms with Crippen molar-refractivity contribution in [2.75, 3.05) is 13.1 Å². The quantitative estimate of drug-likeness (QED) is 0.854. The van der Waals surface area contributed by atoms with Gasteiger partial charge in [-0.25, -0.2) is 0 Å². The summed E-state index contributed by atoms with van der Waals surface area (Å²) in [4.78, 5) is 12.9. The third-order valence-corrected chi connectivity index (χ3v) is 3.36. The van der Waals surface area contributed by atoms with E-state index in [2.05, 4.69) is 4.90 Å². The molecule has 1 saturated heterocycles. The summed E-state index contributed by atoms with van der Waals surface area (Å²) in [6, 6.07) is 1.99. The minimum absolute atomic E-state index is 0.296. The molecule has 0 bridgehead atoms. The highest BCUT2D eigenvalue weighted by Crippen LogP contribution is 2.22. The Kier molecular flexibility index (Phi) is 4.20. The first-order chi connectivity index (χ1) is 8.24. The van der Waals surface area contributed by atoms with E-state index in [0.717, 1.165) is 32.5 Å². The highest BCUT2D eigenvalue weighted by Gasteiger charge is 2.20. The predicted molar refractivity (Wildman–Crippen MR) is 63.6 cm³/mol. The number of hydrogen-bond acceptors (Lipinski definition) is 3. The summed E-state index contributed by atoms with van der Waals surface area (Å²) >= 11 is 0. The Hall–Kier alpha value is -1.29. The van der Waals surface area contributed by atoms with Gasteiger partial charge in [0.15, 0.2) is 0 Å². The molecule has 17 heavy (non-hydrogen) atoms. The van der Waals surface area contributed by atoms with Crippen LogP contribution >= 0.6 is 0 Å². The maximum Gasteiger partial charge on any atom is 0.303 e. The van der Waals surface area contributed by atoms with Crippen LogP contribution in [0.3, 0.4) is 0 Å². The average molecular weight is 237 g/mol. The minimum atomic E-state index is -0.683. The summed E-state index contributed by atoms with van der Waals surface area (Å²) in [5, 5.41) is 8.69. The van der Waals surface area contributed by atoms with Gasteiger partial charge in [0.2, 0.25) is 0 Å². The molecule has 1 aliphatic heterocycles. The van der Waals surface area contributed by atoms with Gasteiger partial charge in [-0.05, 0) is 37.8 Å². The lowest BCUT2D eigenvalue weighted by atomic mass is 9.93. The molecule has 0 saturated carbocycles. The van der Waals surface area contributed by atoms with E-state index in [9.17, 15) is 4.79 Å². The van der Waals surface area contributed by atoms with E-state index in [1.807, 2.05) is 6.07 Å². The number of nitrogens with zero attached hydrogens (tertiary/aromatic N) is 1. The largest absolute Gasteiger partial charge is 0.481 e. The molecular weight excluding hydrogens is 218 g/mol. The summed E-state index contributed by atoms with van der Waals surface area (Å²) in [5.41, 5.74) is 1.20. The SMILES string of the molecule is O=C(O)CC[C@H]1CCCN(Cc2ccoc2)C1. The van der Waals surface area contributed by atoms with Crippen molar-refractivity contribution in [3.05, 3.63) is 24.2 Å². The van der Waals surface area contributed by atoms with Crippen LogP contribution in [0.25, 0.3) is 0 Å². The van der Waals surface area contributed by atoms with Crippen molar-refractivity contribution in [3.8, 4) is 0 Å². The average Bonchev–Trinajstić information content (AvgIpc) is 2.80. The summed E-state index contributed by atoms with van der Waals surface area (Å²) in [5.74, 6) is -0.149. The summed E-state index contributed by atoms with van der Waals surface area (Å²) in [6.45, 7) is 3.04. The number of hydrogen-bond donors (Lipinski definition) is 1. The first-order valence-electron chi connectivity index (χ1n) is 6.19. The normalized spacial score (nSPS) is 21.5. The van der Waals surface area contributed by atoms with Gasteiger partial charge in [0, 0.05) is 25.1 Å². The third-order valence-electron chi connectivity index (χ3n) is 3.36. The van der Waals surface area contributed by atoms with Crippen LogP contribution in [0.1, 0.15) is 31.2 Å². The Morgan fingerprint density at radius 3 is 3.18 bits per heavy atom. The first kappa shape index (κ1) is 12.2. The number of carbonyl (C=O) groups is 1. The fourth-order valence-corrected chi connectivity index (χ4v) is 2.50. The van der Waals surface area contributed by atoms with E-state index < -0.39 is 5.97 Å². The predicted octanol–water partition coefficient (Wildman–Crippen LogP) is 2.36. The van der Waals surface area contributed by atoms with Gasteiger partial charge in [-0.2, -0.15) is 0 Å². The Balaban J connectivity index is 1.78. The van der Waals surface area contributed by atoms with Crippen LogP contribution in [-0.4, -0.2) is 29.1 Å². The van der Waals surface area contributed by atoms with E-state index in [4.69, 9.17) is 9.52 Å². The van der Waals surface area contributed by atoms with Gasteiger partial charge in [0.05, 0.1) is 12.5 Å². The van der Waals surface area contributed by atoms with E-state index in [0.29, 0.717) is 12.3 Å². The highest BCUT2D eigenvalue weighted by molar-refractivity contribution is 5.66. The molecule has 2 rings (SSSR count). The lowest BCUT2D eigenvalue weighted by Crippen LogP contribution is -2.35. The van der Waals surface area contributed by atoms with Crippen molar-refractivity contribution in [2.45, 2.75) is 32.2 Å². The molecular formula is C13H19NO3. The molecule has 4 nitrogen and oxygen atoms in total. The molecule has 1 atom stereocenters. The molecule has 94 valence electrons. The second kappa shape index (κ2) is 5.87. The molecule has 0 amide bonds. The Bertz CT molecular complexity index is 348. The van der Waals surface area contributed by atoms with Crippen LogP contribution in [-0.2, 0) is 11.3 Å². The van der Waals surface area contributed by atoms with E-state index in [1.54, 1.807) is 12.5 Å². The maximum absolute atomic E-state index is 10.6. The zero-order chi connectivity index (χ0) is 12.1. The summed E-state index contributed by atoms with van der Waals surface area (Å²) in [7, 11) is 0. The molecule has 4 heteroatoms. The third kappa shape index (κ3) is 3.89. The molecule has 0 aromatic carbocycles. The molecule has 0 unspecified atom stereocenters. The van der Waals surface area contributed by atoms with Crippen molar-refractivity contribution < 1.29 is 14.3 Å². The second-order valence-corrected chi connectivity index (χ2v) is 4.81. The lowest BCUT2D eigenvalue weighted by Gasteiger charge is -2.32. The highest BCUT2D eigenvalue weighted by atomic mass is 16.4. The molecule has 2 heterocycles. The van der Waals surface area contributed by atoms with Crippen molar-refractivity contribution in [2.24, 2.45) is 5.92 Å². The Morgan fingerprint density at radius 2 is 2.47 bits per heavy atom. The fourth-order valence-electron chi connectivity index (χ4n) is 2.50. The van der Waals surface area contributed by atoms with Crippen LogP contribution in [0.5, 0.6) is 0 Å². The van der Waals surface area contributed by atoms with Crippen molar-refractivity contribution in [3.63, 3.8) is 0 Å². The number of piperidine rings is 1. The molecule has 1 aromatic heterocycles. The Labute approximate surface area is 101 Å². The van der Waals surface area contributed by atoms with E-state index >= 15 is 0 Å². The van der Waals surface area contributed by atoms with Crippen molar-refractivity contribution in [1.82, 2.24) is 4.90 Å². The van der Waals surface area contributed by atoms with Crippen LogP contribution in [0, 0.1) is 5.92 Å². The van der Waals surface area contributed by atoms with Gasteiger partial charge in [-0.1, -0.05) is 0 Å². The molecule has 0 aliphatic carbocycles. The molecule has 0 radical (unpaired) electrons. The minimum Gasteiger partial charge on any atom is -0.481 e. The van der Waals surface area contributed by atoms with Crippen LogP contribution < -0.4 is 0 Å². The van der Waals surface area contributed by atoms with Crippen LogP contribution in [0.4, 0.5) is 0 Å². The summed E-state index contributed by atoms with van der Waals surface area (Å²) < 4.78 is 5.06. The van der Waals surface area contributed by atoms with Crippen LogP contribution in [0.15, 0.2) is 23.0 Å². The topological polar surface area (TPSA) is 53.7 Å². The van der Waals surface area contributed by atoms with Gasteiger partial charge < -0.3 is 9.52 Å². The number of rotatable bonds is 5. The number of aliphatic carboxylic acids is 1. The monoisotopic (exact) mass is 237 g/mol. The van der Waals surface area contributed by atoms with Gasteiger partial charge in [-0.3, -0.25) is 9.69 Å². The van der Waals surface area contributed by atoms with Crippen molar-refractivity contribution >= 4 is 5.97 Å². The molecule has 0 spiro atoms. The van der Waals surface area contributed by atoms with Gasteiger partial charge in [0.1, 0.15) is 0 Å². The Morgan fingerprint density at radius 1 is 1.59 bits per heavy atom. The zero-order valence-corrected chi connectivity index (χ0v) is 9.97. The number of carboxylic acid groups (broad SMARTS) is 1. The lowest BCUT2D eigenvalue weighted by molar-refractivity contribution is -0.137. The molecule has 1 aliphatic rings. The standard InChI is InChI=1S/C13H19NO3/c15-13(16)4-3-11-2-1-6-14(8-11)9-12-5-7-17-10-12/h5,7,10-11H,1-4,6,8-9H2,(H,15,16)/t11-/m1/s1. The summed E-state index contributed by atoms with van der Waals surface area (Å²) in [6.07, 6.45) is 6.90. The number of furan rings is 1. The molecule has 1 aromatic rings. The second-order valence-electron chi connectivity index (χ2n) is 4.81. The van der Waals surface area contributed by atoms with Gasteiger partial charge in [0.25, 0.3) is 0 Å². The van der Waals surface area contributed by atoms with E-state index in [1.165, 1.54) is 12.0 Å². The van der Waals surface area contributed by atoms with Crippen molar-refractivity contribution in [1.29, 1.82) is 0 Å². The number of carboxylic acids is 1. The zero-order valence-electron chi connectivity index (χ0n) is 9.97. The number of likely N-dealkylation sites (tertiary alicyclic amines) is 1. The first-order valence-corrected chi connectivity index (χ1v) is 6.19.